The van der Waals surface area contributed by atoms with Gasteiger partial charge in [0, 0.05) is 6.54 Å². The van der Waals surface area contributed by atoms with Gasteiger partial charge in [-0.3, -0.25) is 0 Å². The fraction of sp³-hybridized carbons (Fsp3) is 0.833. The molecule has 5 heteroatoms. The molecule has 0 heterocycles. The van der Waals surface area contributed by atoms with Crippen molar-refractivity contribution in [1.29, 1.82) is 0 Å². The van der Waals surface area contributed by atoms with Gasteiger partial charge >= 0.3 is 12.0 Å². The third-order valence-electron chi connectivity index (χ3n) is 3.32. The van der Waals surface area contributed by atoms with Crippen molar-refractivity contribution in [1.82, 2.24) is 10.6 Å². The van der Waals surface area contributed by atoms with Crippen LogP contribution in [0.15, 0.2) is 0 Å². The summed E-state index contributed by atoms with van der Waals surface area (Å²) in [4.78, 5) is 22.1. The van der Waals surface area contributed by atoms with Gasteiger partial charge < -0.3 is 15.7 Å². The van der Waals surface area contributed by atoms with Crippen molar-refractivity contribution in [2.24, 2.45) is 5.92 Å². The largest absolute Gasteiger partial charge is 0.480 e. The van der Waals surface area contributed by atoms with Crippen LogP contribution in [-0.4, -0.2) is 29.7 Å². The highest BCUT2D eigenvalue weighted by molar-refractivity contribution is 5.82. The number of carboxylic acids is 1. The summed E-state index contributed by atoms with van der Waals surface area (Å²) in [7, 11) is 0. The van der Waals surface area contributed by atoms with Gasteiger partial charge in [-0.15, -0.1) is 0 Å². The minimum absolute atomic E-state index is 0.378. The topological polar surface area (TPSA) is 78.4 Å². The maximum Gasteiger partial charge on any atom is 0.326 e. The summed E-state index contributed by atoms with van der Waals surface area (Å²) >= 11 is 0. The highest BCUT2D eigenvalue weighted by Gasteiger charge is 2.18. The summed E-state index contributed by atoms with van der Waals surface area (Å²) < 4.78 is 0. The molecule has 2 amide bonds. The van der Waals surface area contributed by atoms with Crippen LogP contribution in [0.25, 0.3) is 0 Å². The van der Waals surface area contributed by atoms with E-state index in [1.54, 1.807) is 6.92 Å². The molecule has 1 aliphatic carbocycles. The molecule has 5 nitrogen and oxygen atoms in total. The number of aliphatic carboxylic acids is 1. The first-order chi connectivity index (χ1) is 8.13. The Bertz CT molecular complexity index is 262. The summed E-state index contributed by atoms with van der Waals surface area (Å²) in [6.45, 7) is 2.37. The second-order valence-corrected chi connectivity index (χ2v) is 4.64. The van der Waals surface area contributed by atoms with E-state index in [-0.39, 0.29) is 6.03 Å². The van der Waals surface area contributed by atoms with Gasteiger partial charge in [-0.1, -0.05) is 32.6 Å². The highest BCUT2D eigenvalue weighted by atomic mass is 16.4. The van der Waals surface area contributed by atoms with Gasteiger partial charge in [-0.2, -0.15) is 0 Å². The molecule has 0 unspecified atom stereocenters. The maximum atomic E-state index is 11.4. The van der Waals surface area contributed by atoms with Crippen molar-refractivity contribution in [3.63, 3.8) is 0 Å². The number of amides is 2. The van der Waals surface area contributed by atoms with Gasteiger partial charge in [0.15, 0.2) is 0 Å². The SMILES string of the molecule is CC[C@@H](NC(=O)NCCC1CCCC1)C(=O)O. The number of hydrogen-bond acceptors (Lipinski definition) is 2. The van der Waals surface area contributed by atoms with Gasteiger partial charge in [0.05, 0.1) is 0 Å². The Kier molecular flexibility index (Phi) is 5.80. The minimum atomic E-state index is -0.988. The molecule has 0 radical (unpaired) electrons. The predicted molar refractivity (Wildman–Crippen MR) is 64.8 cm³/mol. The number of nitrogens with one attached hydrogen (secondary N) is 2. The van der Waals surface area contributed by atoms with E-state index in [0.717, 1.165) is 12.3 Å². The van der Waals surface area contributed by atoms with E-state index in [2.05, 4.69) is 10.6 Å². The smallest absolute Gasteiger partial charge is 0.326 e. The molecule has 3 N–H and O–H groups in total. The standard InChI is InChI=1S/C12H22N2O3/c1-2-10(11(15)16)14-12(17)13-8-7-9-5-3-4-6-9/h9-10H,2-8H2,1H3,(H,15,16)(H2,13,14,17)/t10-/m1/s1. The molecule has 1 rings (SSSR count). The van der Waals surface area contributed by atoms with Crippen molar-refractivity contribution in [2.75, 3.05) is 6.54 Å². The van der Waals surface area contributed by atoms with Crippen molar-refractivity contribution in [3.8, 4) is 0 Å². The van der Waals surface area contributed by atoms with Gasteiger partial charge in [0.25, 0.3) is 0 Å². The molecule has 0 aromatic carbocycles. The van der Waals surface area contributed by atoms with Gasteiger partial charge in [-0.25, -0.2) is 9.59 Å². The summed E-state index contributed by atoms with van der Waals surface area (Å²) in [6.07, 6.45) is 6.51. The van der Waals surface area contributed by atoms with Crippen molar-refractivity contribution in [3.05, 3.63) is 0 Å². The Morgan fingerprint density at radius 2 is 2.00 bits per heavy atom. The molecule has 1 atom stereocenters. The molecule has 0 spiro atoms. The number of urea groups is 1. The van der Waals surface area contributed by atoms with E-state index in [4.69, 9.17) is 5.11 Å². The number of carbonyl (C=O) groups excluding carboxylic acids is 1. The van der Waals surface area contributed by atoms with Crippen LogP contribution < -0.4 is 10.6 Å². The third kappa shape index (κ3) is 5.06. The minimum Gasteiger partial charge on any atom is -0.480 e. The molecular formula is C12H22N2O3. The van der Waals surface area contributed by atoms with E-state index >= 15 is 0 Å². The van der Waals surface area contributed by atoms with E-state index in [0.29, 0.717) is 13.0 Å². The van der Waals surface area contributed by atoms with Crippen LogP contribution in [0.4, 0.5) is 4.79 Å². The molecule has 0 aromatic rings. The van der Waals surface area contributed by atoms with Crippen LogP contribution in [0.3, 0.4) is 0 Å². The fourth-order valence-corrected chi connectivity index (χ4v) is 2.24. The Morgan fingerprint density at radius 3 is 2.53 bits per heavy atom. The van der Waals surface area contributed by atoms with Crippen LogP contribution in [0.5, 0.6) is 0 Å². The molecule has 0 aliphatic heterocycles. The molecule has 17 heavy (non-hydrogen) atoms. The van der Waals surface area contributed by atoms with E-state index in [1.807, 2.05) is 0 Å². The molecule has 0 bridgehead atoms. The number of carboxylic acid groups (broad SMARTS) is 1. The van der Waals surface area contributed by atoms with Gasteiger partial charge in [-0.05, 0) is 18.8 Å². The Labute approximate surface area is 102 Å². The second kappa shape index (κ2) is 7.14. The third-order valence-corrected chi connectivity index (χ3v) is 3.32. The zero-order valence-corrected chi connectivity index (χ0v) is 10.4. The predicted octanol–water partition coefficient (Wildman–Crippen LogP) is 1.73. The number of rotatable bonds is 6. The van der Waals surface area contributed by atoms with E-state index < -0.39 is 12.0 Å². The van der Waals surface area contributed by atoms with Crippen LogP contribution in [0, 0.1) is 5.92 Å². The summed E-state index contributed by atoms with van der Waals surface area (Å²) in [6, 6.07) is -1.17. The summed E-state index contributed by atoms with van der Waals surface area (Å²) in [5.74, 6) is -0.254. The van der Waals surface area contributed by atoms with Crippen LogP contribution in [-0.2, 0) is 4.79 Å². The van der Waals surface area contributed by atoms with E-state index in [1.165, 1.54) is 25.7 Å². The molecule has 98 valence electrons. The summed E-state index contributed by atoms with van der Waals surface area (Å²) in [5, 5.41) is 13.9. The molecule has 1 aliphatic rings. The molecule has 1 fully saturated rings. The van der Waals surface area contributed by atoms with Gasteiger partial charge in [0.1, 0.15) is 6.04 Å². The average Bonchev–Trinajstić information content (AvgIpc) is 2.78. The number of carbonyl (C=O) groups is 2. The molecule has 1 saturated carbocycles. The first kappa shape index (κ1) is 13.8. The fourth-order valence-electron chi connectivity index (χ4n) is 2.24. The lowest BCUT2D eigenvalue weighted by molar-refractivity contribution is -0.139. The van der Waals surface area contributed by atoms with E-state index in [9.17, 15) is 9.59 Å². The van der Waals surface area contributed by atoms with Crippen LogP contribution in [0.2, 0.25) is 0 Å². The lowest BCUT2D eigenvalue weighted by Crippen LogP contribution is -2.46. The molecular weight excluding hydrogens is 220 g/mol. The zero-order chi connectivity index (χ0) is 12.7. The summed E-state index contributed by atoms with van der Waals surface area (Å²) in [5.41, 5.74) is 0. The monoisotopic (exact) mass is 242 g/mol. The molecule has 0 saturated heterocycles. The first-order valence-corrected chi connectivity index (χ1v) is 6.40. The Morgan fingerprint density at radius 1 is 1.35 bits per heavy atom. The van der Waals surface area contributed by atoms with Gasteiger partial charge in [0.2, 0.25) is 0 Å². The Balaban J connectivity index is 2.13. The quantitative estimate of drug-likeness (QED) is 0.663. The van der Waals surface area contributed by atoms with Crippen LogP contribution in [0.1, 0.15) is 45.4 Å². The lowest BCUT2D eigenvalue weighted by atomic mass is 10.0. The number of hydrogen-bond donors (Lipinski definition) is 3. The maximum absolute atomic E-state index is 11.4. The average molecular weight is 242 g/mol. The normalized spacial score (nSPS) is 17.7. The van der Waals surface area contributed by atoms with Crippen molar-refractivity contribution < 1.29 is 14.7 Å². The van der Waals surface area contributed by atoms with Crippen molar-refractivity contribution in [2.45, 2.75) is 51.5 Å². The second-order valence-electron chi connectivity index (χ2n) is 4.64. The zero-order valence-electron chi connectivity index (χ0n) is 10.4. The van der Waals surface area contributed by atoms with Crippen LogP contribution >= 0.6 is 0 Å². The Hall–Kier alpha value is -1.26. The lowest BCUT2D eigenvalue weighted by Gasteiger charge is -2.14. The van der Waals surface area contributed by atoms with Crippen molar-refractivity contribution >= 4 is 12.0 Å². The highest BCUT2D eigenvalue weighted by Crippen LogP contribution is 2.26. The first-order valence-electron chi connectivity index (χ1n) is 6.40. The molecule has 0 aromatic heterocycles.